The van der Waals surface area contributed by atoms with Gasteiger partial charge in [-0.25, -0.2) is 4.79 Å². The molecule has 10 heteroatoms. The molecule has 10 nitrogen and oxygen atoms in total. The number of hydrogen-bond acceptors (Lipinski definition) is 8. The van der Waals surface area contributed by atoms with E-state index in [0.29, 0.717) is 17.7 Å². The number of phenols is 1. The maximum Gasteiger partial charge on any atom is 0.409 e. The molecule has 2 aliphatic rings. The van der Waals surface area contributed by atoms with Crippen LogP contribution in [0.4, 0.5) is 10.5 Å². The van der Waals surface area contributed by atoms with Gasteiger partial charge in [-0.15, -0.1) is 0 Å². The van der Waals surface area contributed by atoms with Crippen LogP contribution in [0.15, 0.2) is 53.6 Å². The standard InChI is InChI=1S/C30H40N2O8/c1-17(2)28(35)39-24-15-27(34)31-22-12-21(13-23(33)14-22)10-18(3)8-7-9-26(38-6)30(37)16-25(40-29(36)32-30)20(5)11-19(24)4/h7-9,11-14,17,20,24-26,33,37H,10,15-16H2,1-6H3,(H,31,34)(H,32,36)/b9-7+,18-8-,19-11+. The second-order valence-electron chi connectivity index (χ2n) is 10.9. The van der Waals surface area contributed by atoms with Crippen molar-refractivity contribution < 1.29 is 38.8 Å². The molecule has 5 unspecified atom stereocenters. The number of carbonyl (C=O) groups excluding carboxylic acids is 3. The summed E-state index contributed by atoms with van der Waals surface area (Å²) in [7, 11) is 1.44. The molecule has 0 radical (unpaired) electrons. The molecule has 1 saturated heterocycles. The number of rotatable bonds is 3. The number of methoxy groups -OCH3 is 1. The molecule has 0 spiro atoms. The van der Waals surface area contributed by atoms with Gasteiger partial charge < -0.3 is 29.7 Å². The number of hydrogen-bond donors (Lipinski definition) is 4. The summed E-state index contributed by atoms with van der Waals surface area (Å²) in [5, 5.41) is 27.0. The van der Waals surface area contributed by atoms with Gasteiger partial charge in [0.1, 0.15) is 24.1 Å². The molecule has 0 saturated carbocycles. The monoisotopic (exact) mass is 556 g/mol. The van der Waals surface area contributed by atoms with E-state index in [1.807, 2.05) is 19.9 Å². The molecule has 1 aromatic carbocycles. The van der Waals surface area contributed by atoms with Crippen molar-refractivity contribution >= 4 is 23.7 Å². The minimum absolute atomic E-state index is 0.000550. The van der Waals surface area contributed by atoms with Crippen LogP contribution < -0.4 is 10.6 Å². The number of carbonyl (C=O) groups is 3. The number of ether oxygens (including phenoxy) is 3. The highest BCUT2D eigenvalue weighted by molar-refractivity contribution is 5.91. The second-order valence-corrected chi connectivity index (χ2v) is 10.9. The third-order valence-electron chi connectivity index (χ3n) is 6.95. The fraction of sp³-hybridized carbons (Fsp3) is 0.500. The highest BCUT2D eigenvalue weighted by atomic mass is 16.6. The number of aromatic hydroxyl groups is 1. The number of phenolic OH excluding ortho intramolecular Hbond substituents is 1. The minimum atomic E-state index is -1.74. The number of benzene rings is 1. The lowest BCUT2D eigenvalue weighted by Gasteiger charge is -2.41. The van der Waals surface area contributed by atoms with Crippen molar-refractivity contribution in [3.8, 4) is 5.75 Å². The molecule has 5 atom stereocenters. The van der Waals surface area contributed by atoms with E-state index in [0.717, 1.165) is 11.1 Å². The first-order valence-electron chi connectivity index (χ1n) is 13.4. The normalized spacial score (nSPS) is 31.5. The first-order valence-corrected chi connectivity index (χ1v) is 13.4. The van der Waals surface area contributed by atoms with Crippen LogP contribution in [0.2, 0.25) is 0 Å². The van der Waals surface area contributed by atoms with Crippen LogP contribution in [-0.4, -0.2) is 59.3 Å². The van der Waals surface area contributed by atoms with Crippen LogP contribution in [0.1, 0.15) is 53.0 Å². The van der Waals surface area contributed by atoms with Crippen LogP contribution in [0, 0.1) is 11.8 Å². The summed E-state index contributed by atoms with van der Waals surface area (Å²) in [6, 6.07) is 4.83. The van der Waals surface area contributed by atoms with E-state index < -0.39 is 53.8 Å². The van der Waals surface area contributed by atoms with Gasteiger partial charge in [-0.1, -0.05) is 50.6 Å². The summed E-state index contributed by atoms with van der Waals surface area (Å²) in [5.74, 6) is -1.68. The maximum atomic E-state index is 13.1. The summed E-state index contributed by atoms with van der Waals surface area (Å²) >= 11 is 0. The first-order chi connectivity index (χ1) is 18.8. The van der Waals surface area contributed by atoms with Gasteiger partial charge in [0.25, 0.3) is 0 Å². The zero-order valence-corrected chi connectivity index (χ0v) is 23.9. The third-order valence-corrected chi connectivity index (χ3v) is 6.95. The number of nitrogens with one attached hydrogen (secondary N) is 2. The number of fused-ring (bicyclic) bond motifs is 4. The minimum Gasteiger partial charge on any atom is -0.508 e. The lowest BCUT2D eigenvalue weighted by atomic mass is 9.89. The number of amides is 2. The predicted octanol–water partition coefficient (Wildman–Crippen LogP) is 4.13. The summed E-state index contributed by atoms with van der Waals surface area (Å²) in [6.07, 6.45) is 4.08. The second kappa shape index (κ2) is 13.1. The Morgan fingerprint density at radius 3 is 2.60 bits per heavy atom. The van der Waals surface area contributed by atoms with Crippen molar-refractivity contribution in [3.05, 3.63) is 59.2 Å². The Kier molecular flexibility index (Phi) is 10.2. The molecule has 1 fully saturated rings. The van der Waals surface area contributed by atoms with E-state index in [-0.39, 0.29) is 18.6 Å². The maximum absolute atomic E-state index is 13.1. The van der Waals surface area contributed by atoms with Crippen LogP contribution >= 0.6 is 0 Å². The van der Waals surface area contributed by atoms with Crippen molar-refractivity contribution in [1.29, 1.82) is 0 Å². The zero-order chi connectivity index (χ0) is 29.6. The average Bonchev–Trinajstić information content (AvgIpc) is 2.84. The number of aliphatic hydroxyl groups is 1. The van der Waals surface area contributed by atoms with E-state index in [9.17, 15) is 24.6 Å². The SMILES string of the molecule is COC1/C=C/C=C(/C)Cc2cc(O)cc(c2)NC(=O)CC(OC(=O)C(C)C)/C(C)=C/C(C)C2CC1(O)NC(=O)O2. The Morgan fingerprint density at radius 1 is 1.20 bits per heavy atom. The average molecular weight is 557 g/mol. The lowest BCUT2D eigenvalue weighted by molar-refractivity contribution is -0.151. The number of esters is 1. The van der Waals surface area contributed by atoms with E-state index in [1.165, 1.54) is 13.2 Å². The van der Waals surface area contributed by atoms with E-state index >= 15 is 0 Å². The zero-order valence-electron chi connectivity index (χ0n) is 23.9. The fourth-order valence-electron chi connectivity index (χ4n) is 4.79. The van der Waals surface area contributed by atoms with Crippen molar-refractivity contribution in [1.82, 2.24) is 5.32 Å². The lowest BCUT2D eigenvalue weighted by Crippen LogP contribution is -2.63. The summed E-state index contributed by atoms with van der Waals surface area (Å²) in [4.78, 5) is 38.0. The van der Waals surface area contributed by atoms with Crippen molar-refractivity contribution in [3.63, 3.8) is 0 Å². The van der Waals surface area contributed by atoms with Crippen LogP contribution in [0.25, 0.3) is 0 Å². The van der Waals surface area contributed by atoms with E-state index in [2.05, 4.69) is 10.6 Å². The third kappa shape index (κ3) is 8.19. The van der Waals surface area contributed by atoms with Gasteiger partial charge in [0.2, 0.25) is 5.91 Å². The number of alkyl carbamates (subject to hydrolysis) is 1. The molecule has 4 N–H and O–H groups in total. The molecule has 0 aromatic heterocycles. The number of allylic oxidation sites excluding steroid dienone is 3. The molecule has 2 heterocycles. The summed E-state index contributed by atoms with van der Waals surface area (Å²) in [5.41, 5.74) is 0.965. The van der Waals surface area contributed by atoms with Gasteiger partial charge in [-0.2, -0.15) is 0 Å². The van der Waals surface area contributed by atoms with Crippen molar-refractivity contribution in [2.24, 2.45) is 11.8 Å². The Bertz CT molecular complexity index is 1200. The fourth-order valence-corrected chi connectivity index (χ4v) is 4.79. The topological polar surface area (TPSA) is 143 Å². The Balaban J connectivity index is 2.05. The van der Waals surface area contributed by atoms with Gasteiger partial charge in [-0.3, -0.25) is 14.9 Å². The van der Waals surface area contributed by atoms with Gasteiger partial charge in [0.15, 0.2) is 5.72 Å². The van der Waals surface area contributed by atoms with E-state index in [1.54, 1.807) is 51.1 Å². The van der Waals surface area contributed by atoms with Gasteiger partial charge >= 0.3 is 12.1 Å². The Hall–Kier alpha value is -3.63. The summed E-state index contributed by atoms with van der Waals surface area (Å²) < 4.78 is 16.7. The molecule has 2 amide bonds. The molecule has 0 aliphatic carbocycles. The Morgan fingerprint density at radius 2 is 1.93 bits per heavy atom. The molecule has 40 heavy (non-hydrogen) atoms. The Labute approximate surface area is 235 Å². The molecular formula is C30H40N2O8. The highest BCUT2D eigenvalue weighted by Gasteiger charge is 2.46. The summed E-state index contributed by atoms with van der Waals surface area (Å²) in [6.45, 7) is 8.86. The van der Waals surface area contributed by atoms with Gasteiger partial charge in [-0.05, 0) is 43.5 Å². The van der Waals surface area contributed by atoms with Crippen molar-refractivity contribution in [2.75, 3.05) is 12.4 Å². The molecular weight excluding hydrogens is 516 g/mol. The molecule has 4 bridgehead atoms. The number of anilines is 1. The quantitative estimate of drug-likeness (QED) is 0.321. The van der Waals surface area contributed by atoms with Crippen molar-refractivity contribution in [2.45, 2.75) is 77.9 Å². The van der Waals surface area contributed by atoms with E-state index in [4.69, 9.17) is 14.2 Å². The van der Waals surface area contributed by atoms with Crippen LogP contribution in [0.5, 0.6) is 5.75 Å². The molecule has 1 aromatic rings. The van der Waals surface area contributed by atoms with Crippen LogP contribution in [0.3, 0.4) is 0 Å². The first kappa shape index (κ1) is 30.9. The molecule has 2 aliphatic heterocycles. The van der Waals surface area contributed by atoms with Gasteiger partial charge in [0, 0.05) is 31.2 Å². The molecule has 3 rings (SSSR count). The van der Waals surface area contributed by atoms with Gasteiger partial charge in [0.05, 0.1) is 12.3 Å². The predicted molar refractivity (Wildman–Crippen MR) is 149 cm³/mol. The smallest absolute Gasteiger partial charge is 0.409 e. The van der Waals surface area contributed by atoms with Crippen LogP contribution in [-0.2, 0) is 30.2 Å². The largest absolute Gasteiger partial charge is 0.508 e. The molecule has 218 valence electrons. The highest BCUT2D eigenvalue weighted by Crippen LogP contribution is 2.30.